The Morgan fingerprint density at radius 3 is 2.65 bits per heavy atom. The third-order valence-corrected chi connectivity index (χ3v) is 7.70. The van der Waals surface area contributed by atoms with Gasteiger partial charge in [-0.05, 0) is 81.4 Å². The number of nitrogens with zero attached hydrogens (tertiary/aromatic N) is 3. The van der Waals surface area contributed by atoms with Gasteiger partial charge in [0.15, 0.2) is 0 Å². The van der Waals surface area contributed by atoms with Crippen molar-refractivity contribution in [2.75, 3.05) is 0 Å². The minimum atomic E-state index is -0.650. The smallest absolute Gasteiger partial charge is 0.456 e. The number of azide groups is 1. The van der Waals surface area contributed by atoms with E-state index < -0.39 is 11.6 Å². The minimum Gasteiger partial charge on any atom is -0.456 e. The molecule has 0 radical (unpaired) electrons. The molecule has 1 aromatic carbocycles. The fourth-order valence-corrected chi connectivity index (χ4v) is 5.90. The highest BCUT2D eigenvalue weighted by atomic mass is 16.7. The maximum Gasteiger partial charge on any atom is 0.462 e. The molecule has 5 rings (SSSR count). The maximum atomic E-state index is 12.9. The summed E-state index contributed by atoms with van der Waals surface area (Å²) in [6.45, 7) is 14.2. The van der Waals surface area contributed by atoms with Crippen LogP contribution in [0.4, 0.5) is 5.69 Å². The molecule has 0 N–H and O–H groups in total. The van der Waals surface area contributed by atoms with E-state index in [1.807, 2.05) is 33.8 Å². The summed E-state index contributed by atoms with van der Waals surface area (Å²) in [7, 11) is -0.361. The van der Waals surface area contributed by atoms with Gasteiger partial charge in [-0.25, -0.2) is 4.79 Å². The first-order valence-electron chi connectivity index (χ1n) is 11.1. The SMILES string of the molecule is Cc1c(CB2OC3CC4CC(C4(C)C)[C@]3(C)O2)ccc(N=[N+]=[N-])c1C(=O)OC(C)(C)C. The zero-order chi connectivity index (χ0) is 22.8. The van der Waals surface area contributed by atoms with Crippen LogP contribution in [0.5, 0.6) is 0 Å². The van der Waals surface area contributed by atoms with Crippen molar-refractivity contribution >= 4 is 18.8 Å². The molecule has 7 nitrogen and oxygen atoms in total. The van der Waals surface area contributed by atoms with E-state index in [9.17, 15) is 4.79 Å². The average Bonchev–Trinajstić information content (AvgIpc) is 2.98. The monoisotopic (exact) mass is 425 g/mol. The maximum absolute atomic E-state index is 12.9. The number of hydrogen-bond acceptors (Lipinski definition) is 5. The van der Waals surface area contributed by atoms with E-state index in [1.165, 1.54) is 6.42 Å². The highest BCUT2D eigenvalue weighted by Gasteiger charge is 2.67. The van der Waals surface area contributed by atoms with Crippen molar-refractivity contribution in [1.82, 2.24) is 0 Å². The topological polar surface area (TPSA) is 93.5 Å². The van der Waals surface area contributed by atoms with Gasteiger partial charge in [-0.3, -0.25) is 0 Å². The second-order valence-corrected chi connectivity index (χ2v) is 11.0. The molecule has 4 fully saturated rings. The minimum absolute atomic E-state index is 0.113. The molecule has 1 saturated heterocycles. The van der Waals surface area contributed by atoms with Crippen LogP contribution in [0.3, 0.4) is 0 Å². The van der Waals surface area contributed by atoms with Crippen LogP contribution in [0.1, 0.15) is 75.9 Å². The first-order valence-corrected chi connectivity index (χ1v) is 11.1. The number of ether oxygens (including phenoxy) is 1. The lowest BCUT2D eigenvalue weighted by Crippen LogP contribution is -2.65. The molecule has 1 heterocycles. The average molecular weight is 425 g/mol. The lowest BCUT2D eigenvalue weighted by Gasteiger charge is -2.64. The summed E-state index contributed by atoms with van der Waals surface area (Å²) in [5.74, 6) is 0.701. The second-order valence-electron chi connectivity index (χ2n) is 11.0. The number of carbonyl (C=O) groups is 1. The molecule has 2 bridgehead atoms. The van der Waals surface area contributed by atoms with Crippen LogP contribution in [0.25, 0.3) is 10.4 Å². The van der Waals surface area contributed by atoms with Crippen molar-refractivity contribution in [3.05, 3.63) is 39.3 Å². The zero-order valence-corrected chi connectivity index (χ0v) is 19.6. The zero-order valence-electron chi connectivity index (χ0n) is 19.6. The largest absolute Gasteiger partial charge is 0.462 e. The summed E-state index contributed by atoms with van der Waals surface area (Å²) in [5, 5.41) is 3.71. The molecule has 8 heteroatoms. The van der Waals surface area contributed by atoms with E-state index in [1.54, 1.807) is 6.07 Å². The molecule has 3 saturated carbocycles. The lowest BCUT2D eigenvalue weighted by atomic mass is 9.43. The molecular weight excluding hydrogens is 393 g/mol. The first kappa shape index (κ1) is 22.2. The van der Waals surface area contributed by atoms with Crippen molar-refractivity contribution in [1.29, 1.82) is 0 Å². The van der Waals surface area contributed by atoms with Crippen LogP contribution >= 0.6 is 0 Å². The summed E-state index contributed by atoms with van der Waals surface area (Å²) >= 11 is 0. The Morgan fingerprint density at radius 1 is 1.32 bits per heavy atom. The normalized spacial score (nSPS) is 30.8. The molecule has 166 valence electrons. The highest BCUT2D eigenvalue weighted by molar-refractivity contribution is 6.45. The Kier molecular flexibility index (Phi) is 5.20. The quantitative estimate of drug-likeness (QED) is 0.203. The molecule has 1 aliphatic heterocycles. The summed E-state index contributed by atoms with van der Waals surface area (Å²) in [4.78, 5) is 15.7. The molecule has 0 aromatic heterocycles. The molecule has 31 heavy (non-hydrogen) atoms. The van der Waals surface area contributed by atoms with Crippen LogP contribution in [0.15, 0.2) is 17.2 Å². The van der Waals surface area contributed by atoms with Crippen molar-refractivity contribution < 1.29 is 18.8 Å². The Bertz CT molecular complexity index is 966. The fraction of sp³-hybridized carbons (Fsp3) is 0.696. The molecule has 4 aliphatic rings. The van der Waals surface area contributed by atoms with Crippen molar-refractivity contribution in [3.8, 4) is 0 Å². The third kappa shape index (κ3) is 3.65. The first-order chi connectivity index (χ1) is 14.4. The highest BCUT2D eigenvalue weighted by Crippen LogP contribution is 2.65. The fourth-order valence-electron chi connectivity index (χ4n) is 5.90. The van der Waals surface area contributed by atoms with Gasteiger partial charge in [0.25, 0.3) is 0 Å². The van der Waals surface area contributed by atoms with Gasteiger partial charge in [0.05, 0.1) is 23.0 Å². The third-order valence-electron chi connectivity index (χ3n) is 7.70. The van der Waals surface area contributed by atoms with Gasteiger partial charge in [0, 0.05) is 11.2 Å². The van der Waals surface area contributed by atoms with Gasteiger partial charge >= 0.3 is 13.1 Å². The Balaban J connectivity index is 1.59. The number of rotatable bonds is 4. The number of carbonyl (C=O) groups excluding carboxylic acids is 1. The molecule has 3 unspecified atom stereocenters. The second kappa shape index (κ2) is 7.26. The molecule has 0 spiro atoms. The van der Waals surface area contributed by atoms with Crippen LogP contribution in [0.2, 0.25) is 0 Å². The van der Waals surface area contributed by atoms with Crippen molar-refractivity contribution in [2.45, 2.75) is 84.9 Å². The molecule has 1 aromatic rings. The van der Waals surface area contributed by atoms with Crippen molar-refractivity contribution in [3.63, 3.8) is 0 Å². The van der Waals surface area contributed by atoms with Crippen LogP contribution in [-0.4, -0.2) is 30.4 Å². The van der Waals surface area contributed by atoms with E-state index in [-0.39, 0.29) is 24.5 Å². The number of benzene rings is 1. The van der Waals surface area contributed by atoms with Gasteiger partial charge < -0.3 is 14.0 Å². The van der Waals surface area contributed by atoms with E-state index in [4.69, 9.17) is 19.6 Å². The lowest BCUT2D eigenvalue weighted by molar-refractivity contribution is -0.199. The number of hydrogen-bond donors (Lipinski definition) is 0. The van der Waals surface area contributed by atoms with Gasteiger partial charge in [-0.15, -0.1) is 0 Å². The standard InChI is InChI=1S/C23H32BN3O4/c1-13-14(8-9-16(26-27-25)19(13)20(28)29-21(2,3)4)12-24-30-18-11-15-10-17(22(15,5)6)23(18,7)31-24/h8-9,15,17-18H,10-12H2,1-7H3/t15?,17?,18?,23-/m0/s1. The Labute approximate surface area is 184 Å². The summed E-state index contributed by atoms with van der Waals surface area (Å²) in [5.41, 5.74) is 10.5. The van der Waals surface area contributed by atoms with E-state index in [0.717, 1.165) is 17.5 Å². The van der Waals surface area contributed by atoms with E-state index in [0.29, 0.717) is 29.1 Å². The molecule has 3 aliphatic carbocycles. The summed E-state index contributed by atoms with van der Waals surface area (Å²) < 4.78 is 18.5. The van der Waals surface area contributed by atoms with E-state index in [2.05, 4.69) is 30.8 Å². The summed E-state index contributed by atoms with van der Waals surface area (Å²) in [6.07, 6.45) is 2.89. The molecular formula is C23H32BN3O4. The molecule has 0 amide bonds. The van der Waals surface area contributed by atoms with Gasteiger partial charge in [0.2, 0.25) is 0 Å². The van der Waals surface area contributed by atoms with Gasteiger partial charge in [-0.2, -0.15) is 0 Å². The predicted molar refractivity (Wildman–Crippen MR) is 119 cm³/mol. The number of esters is 1. The van der Waals surface area contributed by atoms with E-state index >= 15 is 0 Å². The van der Waals surface area contributed by atoms with Crippen LogP contribution in [0, 0.1) is 24.2 Å². The Hall–Kier alpha value is -2.02. The summed E-state index contributed by atoms with van der Waals surface area (Å²) in [6, 6.07) is 3.55. The van der Waals surface area contributed by atoms with Gasteiger partial charge in [-0.1, -0.05) is 31.1 Å². The van der Waals surface area contributed by atoms with Crippen LogP contribution in [-0.2, 0) is 20.4 Å². The van der Waals surface area contributed by atoms with Gasteiger partial charge in [0.1, 0.15) is 5.60 Å². The predicted octanol–water partition coefficient (Wildman–Crippen LogP) is 5.70. The molecule has 4 atom stereocenters. The van der Waals surface area contributed by atoms with Crippen molar-refractivity contribution in [2.24, 2.45) is 22.4 Å². The van der Waals surface area contributed by atoms with Crippen LogP contribution < -0.4 is 0 Å². The Morgan fingerprint density at radius 2 is 2.03 bits per heavy atom.